The average Bonchev–Trinajstić information content (AvgIpc) is 1.96. The van der Waals surface area contributed by atoms with Gasteiger partial charge in [0.2, 0.25) is 0 Å². The maximum absolute atomic E-state index is 12.5. The van der Waals surface area contributed by atoms with E-state index in [9.17, 15) is 25.5 Å². The van der Waals surface area contributed by atoms with Gasteiger partial charge >= 0.3 is 10.2 Å². The molecule has 14 heavy (non-hydrogen) atoms. The minimum Gasteiger partial charge on any atom is -0.204 e. The Balaban J connectivity index is 3.14. The van der Waals surface area contributed by atoms with E-state index in [4.69, 9.17) is 0 Å². The molecule has 1 aromatic rings. The van der Waals surface area contributed by atoms with Crippen LogP contribution in [0.5, 0.6) is 0 Å². The molecule has 1 aromatic carbocycles. The number of rotatable bonds is 2. The van der Waals surface area contributed by atoms with E-state index in [-0.39, 0.29) is 0 Å². The Morgan fingerprint density at radius 1 is 1.07 bits per heavy atom. The first-order valence-corrected chi connectivity index (χ1v) is 4.90. The number of benzene rings is 1. The van der Waals surface area contributed by atoms with Crippen LogP contribution in [0.25, 0.3) is 0 Å². The molecule has 0 aliphatic heterocycles. The average molecular weight is 228 g/mol. The maximum Gasteiger partial charge on any atom is 0.306 e. The van der Waals surface area contributed by atoms with Crippen molar-refractivity contribution in [3.05, 3.63) is 35.1 Å². The van der Waals surface area contributed by atoms with Gasteiger partial charge in [0, 0.05) is 0 Å². The Morgan fingerprint density at radius 2 is 1.50 bits per heavy atom. The van der Waals surface area contributed by atoms with Crippen LogP contribution in [0.1, 0.15) is 5.56 Å². The van der Waals surface area contributed by atoms with Crippen molar-refractivity contribution in [2.45, 2.75) is 5.75 Å². The lowest BCUT2D eigenvalue weighted by molar-refractivity contribution is 0.445. The highest BCUT2D eigenvalue weighted by Gasteiger charge is 2.15. The topological polar surface area (TPSA) is 34.1 Å². The summed E-state index contributed by atoms with van der Waals surface area (Å²) in [5, 5.41) is 0. The van der Waals surface area contributed by atoms with Crippen molar-refractivity contribution in [2.75, 3.05) is 0 Å². The molecule has 0 aromatic heterocycles. The van der Waals surface area contributed by atoms with Crippen LogP contribution in [-0.2, 0) is 16.0 Å². The maximum atomic E-state index is 12.5. The van der Waals surface area contributed by atoms with Crippen LogP contribution < -0.4 is 0 Å². The largest absolute Gasteiger partial charge is 0.306 e. The standard InChI is InChI=1S/C7H4F4O2S/c8-5-1-4(3-14(11,12)13)2-6(9)7(5)10/h1-2H,3H2. The molecular formula is C7H4F4O2S. The Morgan fingerprint density at radius 3 is 1.86 bits per heavy atom. The van der Waals surface area contributed by atoms with E-state index in [1.807, 2.05) is 0 Å². The minimum atomic E-state index is -4.88. The lowest BCUT2D eigenvalue weighted by Crippen LogP contribution is -2.00. The molecule has 2 nitrogen and oxygen atoms in total. The second-order valence-corrected chi connectivity index (χ2v) is 3.92. The van der Waals surface area contributed by atoms with Gasteiger partial charge in [0.05, 0.1) is 0 Å². The van der Waals surface area contributed by atoms with Crippen LogP contribution in [0.15, 0.2) is 12.1 Å². The summed E-state index contributed by atoms with van der Waals surface area (Å²) in [7, 11) is -4.88. The molecule has 0 aliphatic rings. The fraction of sp³-hybridized carbons (Fsp3) is 0.143. The first-order chi connectivity index (χ1) is 6.29. The van der Waals surface area contributed by atoms with Gasteiger partial charge in [-0.3, -0.25) is 0 Å². The molecule has 0 heterocycles. The first kappa shape index (κ1) is 11.0. The van der Waals surface area contributed by atoms with Crippen LogP contribution in [0, 0.1) is 17.5 Å². The van der Waals surface area contributed by atoms with Gasteiger partial charge in [-0.25, -0.2) is 13.2 Å². The first-order valence-electron chi connectivity index (χ1n) is 3.35. The van der Waals surface area contributed by atoms with Crippen LogP contribution in [-0.4, -0.2) is 8.42 Å². The van der Waals surface area contributed by atoms with Crippen molar-refractivity contribution in [1.82, 2.24) is 0 Å². The highest BCUT2D eigenvalue weighted by atomic mass is 32.3. The monoisotopic (exact) mass is 228 g/mol. The van der Waals surface area contributed by atoms with Crippen molar-refractivity contribution in [3.8, 4) is 0 Å². The van der Waals surface area contributed by atoms with E-state index < -0.39 is 39.0 Å². The van der Waals surface area contributed by atoms with Crippen LogP contribution in [0.2, 0.25) is 0 Å². The number of hydrogen-bond acceptors (Lipinski definition) is 2. The fourth-order valence-electron chi connectivity index (χ4n) is 0.890. The number of hydrogen-bond donors (Lipinski definition) is 0. The van der Waals surface area contributed by atoms with Crippen molar-refractivity contribution in [2.24, 2.45) is 0 Å². The Kier molecular flexibility index (Phi) is 2.79. The van der Waals surface area contributed by atoms with Gasteiger partial charge in [0.15, 0.2) is 17.5 Å². The molecule has 0 bridgehead atoms. The molecule has 0 N–H and O–H groups in total. The molecule has 0 atom stereocenters. The zero-order chi connectivity index (χ0) is 10.9. The quantitative estimate of drug-likeness (QED) is 0.440. The molecule has 0 fully saturated rings. The van der Waals surface area contributed by atoms with Crippen LogP contribution in [0.4, 0.5) is 17.1 Å². The fourth-order valence-corrected chi connectivity index (χ4v) is 1.46. The molecule has 0 aliphatic carbocycles. The van der Waals surface area contributed by atoms with Crippen molar-refractivity contribution in [1.29, 1.82) is 0 Å². The summed E-state index contributed by atoms with van der Waals surface area (Å²) in [6, 6.07) is 0.852. The zero-order valence-electron chi connectivity index (χ0n) is 6.60. The molecular weight excluding hydrogens is 224 g/mol. The molecule has 0 amide bonds. The van der Waals surface area contributed by atoms with E-state index in [0.717, 1.165) is 0 Å². The van der Waals surface area contributed by atoms with Gasteiger partial charge in [-0.15, -0.1) is 3.89 Å². The van der Waals surface area contributed by atoms with Gasteiger partial charge in [0.25, 0.3) is 0 Å². The minimum absolute atomic E-state index is 0.426. The Labute approximate surface area is 77.4 Å². The highest BCUT2D eigenvalue weighted by Crippen LogP contribution is 2.15. The van der Waals surface area contributed by atoms with Gasteiger partial charge in [-0.2, -0.15) is 8.42 Å². The third-order valence-corrected chi connectivity index (χ3v) is 2.06. The molecule has 0 unspecified atom stereocenters. The predicted octanol–water partition coefficient (Wildman–Crippen LogP) is 1.90. The van der Waals surface area contributed by atoms with E-state index in [2.05, 4.69) is 0 Å². The van der Waals surface area contributed by atoms with E-state index in [1.165, 1.54) is 0 Å². The zero-order valence-corrected chi connectivity index (χ0v) is 7.41. The normalized spacial score (nSPS) is 11.7. The molecule has 0 radical (unpaired) electrons. The van der Waals surface area contributed by atoms with Gasteiger partial charge < -0.3 is 0 Å². The molecule has 1 rings (SSSR count). The molecule has 0 saturated carbocycles. The van der Waals surface area contributed by atoms with Crippen molar-refractivity contribution in [3.63, 3.8) is 0 Å². The summed E-state index contributed by atoms with van der Waals surface area (Å²) in [6.07, 6.45) is 0. The summed E-state index contributed by atoms with van der Waals surface area (Å²) < 4.78 is 69.6. The summed E-state index contributed by atoms with van der Waals surface area (Å²) >= 11 is 0. The van der Waals surface area contributed by atoms with Gasteiger partial charge in [0.1, 0.15) is 5.75 Å². The molecule has 7 heteroatoms. The van der Waals surface area contributed by atoms with Crippen molar-refractivity contribution >= 4 is 10.2 Å². The second kappa shape index (κ2) is 3.56. The lowest BCUT2D eigenvalue weighted by Gasteiger charge is -1.99. The molecule has 0 spiro atoms. The van der Waals surface area contributed by atoms with Crippen LogP contribution >= 0.6 is 0 Å². The van der Waals surface area contributed by atoms with Crippen molar-refractivity contribution < 1.29 is 25.5 Å². The Bertz CT molecular complexity index is 432. The number of halogens is 4. The van der Waals surface area contributed by atoms with Crippen LogP contribution in [0.3, 0.4) is 0 Å². The molecule has 0 saturated heterocycles. The summed E-state index contributed by atoms with van der Waals surface area (Å²) in [4.78, 5) is 0. The SMILES string of the molecule is O=S(=O)(F)Cc1cc(F)c(F)c(F)c1. The van der Waals surface area contributed by atoms with Gasteiger partial charge in [-0.1, -0.05) is 0 Å². The third kappa shape index (κ3) is 2.69. The summed E-state index contributed by atoms with van der Waals surface area (Å²) in [5.74, 6) is -6.00. The second-order valence-electron chi connectivity index (χ2n) is 2.56. The predicted molar refractivity (Wildman–Crippen MR) is 40.0 cm³/mol. The lowest BCUT2D eigenvalue weighted by atomic mass is 10.2. The van der Waals surface area contributed by atoms with E-state index >= 15 is 0 Å². The van der Waals surface area contributed by atoms with E-state index in [1.54, 1.807) is 0 Å². The van der Waals surface area contributed by atoms with E-state index in [0.29, 0.717) is 12.1 Å². The molecule has 78 valence electrons. The third-order valence-electron chi connectivity index (χ3n) is 1.38. The Hall–Kier alpha value is -1.11. The highest BCUT2D eigenvalue weighted by molar-refractivity contribution is 7.85. The smallest absolute Gasteiger partial charge is 0.204 e. The van der Waals surface area contributed by atoms with Gasteiger partial charge in [-0.05, 0) is 17.7 Å². The summed E-state index contributed by atoms with van der Waals surface area (Å²) in [6.45, 7) is 0. The summed E-state index contributed by atoms with van der Waals surface area (Å²) in [5.41, 5.74) is -0.482.